The van der Waals surface area contributed by atoms with Crippen molar-refractivity contribution in [3.05, 3.63) is 39.9 Å². The predicted molar refractivity (Wildman–Crippen MR) is 83.8 cm³/mol. The fourth-order valence-corrected chi connectivity index (χ4v) is 3.56. The van der Waals surface area contributed by atoms with E-state index in [9.17, 15) is 4.79 Å². The van der Waals surface area contributed by atoms with Crippen LogP contribution < -0.4 is 5.56 Å². The first-order valence-corrected chi connectivity index (χ1v) is 7.65. The van der Waals surface area contributed by atoms with Gasteiger partial charge in [0.2, 0.25) is 0 Å². The van der Waals surface area contributed by atoms with Crippen LogP contribution in [0.5, 0.6) is 0 Å². The van der Waals surface area contributed by atoms with Crippen molar-refractivity contribution in [2.45, 2.75) is 32.2 Å². The number of nitrogens with zero attached hydrogens (tertiary/aromatic N) is 2. The third kappa shape index (κ3) is 2.83. The highest BCUT2D eigenvalue weighted by atomic mass is 35.5. The van der Waals surface area contributed by atoms with Crippen LogP contribution in [0.15, 0.2) is 29.3 Å². The Labute approximate surface area is 128 Å². The molecular weight excluding hydrogens is 288 g/mol. The van der Waals surface area contributed by atoms with Gasteiger partial charge < -0.3 is 4.74 Å². The van der Waals surface area contributed by atoms with Crippen LogP contribution in [0.25, 0.3) is 10.9 Å². The lowest BCUT2D eigenvalue weighted by molar-refractivity contribution is 0.0689. The van der Waals surface area contributed by atoms with Gasteiger partial charge in [-0.1, -0.05) is 24.4 Å². The Bertz CT molecular complexity index is 705. The summed E-state index contributed by atoms with van der Waals surface area (Å²) in [4.78, 5) is 17.0. The van der Waals surface area contributed by atoms with Crippen LogP contribution in [0.2, 0.25) is 5.02 Å². The minimum Gasteiger partial charge on any atom is -0.384 e. The first-order valence-electron chi connectivity index (χ1n) is 7.27. The van der Waals surface area contributed by atoms with Gasteiger partial charge in [0.1, 0.15) is 0 Å². The minimum absolute atomic E-state index is 0.0233. The maximum absolute atomic E-state index is 12.6. The van der Waals surface area contributed by atoms with Crippen molar-refractivity contribution in [2.24, 2.45) is 5.41 Å². The molecule has 1 aliphatic rings. The zero-order valence-corrected chi connectivity index (χ0v) is 12.9. The highest BCUT2D eigenvalue weighted by molar-refractivity contribution is 6.31. The number of aromatic nitrogens is 2. The van der Waals surface area contributed by atoms with Crippen LogP contribution in [0, 0.1) is 5.41 Å². The largest absolute Gasteiger partial charge is 0.384 e. The fourth-order valence-electron chi connectivity index (χ4n) is 3.38. The quantitative estimate of drug-likeness (QED) is 0.871. The number of rotatable bonds is 4. The zero-order valence-electron chi connectivity index (χ0n) is 12.1. The topological polar surface area (TPSA) is 44.1 Å². The first-order chi connectivity index (χ1) is 10.1. The van der Waals surface area contributed by atoms with Crippen molar-refractivity contribution in [3.8, 4) is 0 Å². The predicted octanol–water partition coefficient (Wildman–Crippen LogP) is 3.26. The number of hydrogen-bond acceptors (Lipinski definition) is 3. The van der Waals surface area contributed by atoms with Crippen molar-refractivity contribution < 1.29 is 4.74 Å². The van der Waals surface area contributed by atoms with E-state index in [1.807, 2.05) is 0 Å². The number of halogens is 1. The van der Waals surface area contributed by atoms with Crippen molar-refractivity contribution in [2.75, 3.05) is 13.7 Å². The molecule has 0 radical (unpaired) electrons. The molecule has 1 heterocycles. The standard InChI is InChI=1S/C16H19ClN2O2/c1-21-10-16(6-2-3-7-16)9-19-11-18-14-5-4-12(17)8-13(14)15(19)20/h4-5,8,11H,2-3,6-7,9-10H2,1H3. The van der Waals surface area contributed by atoms with Crippen molar-refractivity contribution in [1.29, 1.82) is 0 Å². The van der Waals surface area contributed by atoms with Gasteiger partial charge in [0.05, 0.1) is 23.8 Å². The molecule has 3 rings (SSSR count). The monoisotopic (exact) mass is 306 g/mol. The lowest BCUT2D eigenvalue weighted by atomic mass is 9.87. The maximum atomic E-state index is 12.6. The second-order valence-electron chi connectivity index (χ2n) is 5.98. The van der Waals surface area contributed by atoms with Crippen LogP contribution in [-0.2, 0) is 11.3 Å². The molecule has 1 aromatic heterocycles. The molecule has 1 fully saturated rings. The van der Waals surface area contributed by atoms with Crippen LogP contribution in [0.1, 0.15) is 25.7 Å². The van der Waals surface area contributed by atoms with Gasteiger partial charge in [0.15, 0.2) is 0 Å². The van der Waals surface area contributed by atoms with Gasteiger partial charge in [0.25, 0.3) is 5.56 Å². The average molecular weight is 307 g/mol. The SMILES string of the molecule is COCC1(Cn2cnc3ccc(Cl)cc3c2=O)CCCC1. The lowest BCUT2D eigenvalue weighted by Crippen LogP contribution is -2.34. The molecule has 21 heavy (non-hydrogen) atoms. The molecule has 0 spiro atoms. The van der Waals surface area contributed by atoms with E-state index in [0.717, 1.165) is 12.8 Å². The van der Waals surface area contributed by atoms with Crippen molar-refractivity contribution in [3.63, 3.8) is 0 Å². The zero-order chi connectivity index (χ0) is 14.9. The van der Waals surface area contributed by atoms with E-state index < -0.39 is 0 Å². The van der Waals surface area contributed by atoms with Gasteiger partial charge in [-0.2, -0.15) is 0 Å². The number of ether oxygens (including phenoxy) is 1. The number of hydrogen-bond donors (Lipinski definition) is 0. The van der Waals surface area contributed by atoms with Crippen LogP contribution in [-0.4, -0.2) is 23.3 Å². The highest BCUT2D eigenvalue weighted by Gasteiger charge is 2.34. The second kappa shape index (κ2) is 5.78. The number of methoxy groups -OCH3 is 1. The van der Waals surface area contributed by atoms with E-state index in [1.165, 1.54) is 12.8 Å². The van der Waals surface area contributed by atoms with E-state index in [0.29, 0.717) is 29.1 Å². The Balaban J connectivity index is 2.00. The van der Waals surface area contributed by atoms with Crippen LogP contribution in [0.3, 0.4) is 0 Å². The normalized spacial score (nSPS) is 17.4. The lowest BCUT2D eigenvalue weighted by Gasteiger charge is -2.28. The van der Waals surface area contributed by atoms with Gasteiger partial charge in [-0.25, -0.2) is 4.98 Å². The molecule has 4 nitrogen and oxygen atoms in total. The second-order valence-corrected chi connectivity index (χ2v) is 6.42. The third-order valence-electron chi connectivity index (χ3n) is 4.41. The highest BCUT2D eigenvalue weighted by Crippen LogP contribution is 2.39. The Morgan fingerprint density at radius 3 is 2.86 bits per heavy atom. The summed E-state index contributed by atoms with van der Waals surface area (Å²) in [6, 6.07) is 5.23. The summed E-state index contributed by atoms with van der Waals surface area (Å²) >= 11 is 5.99. The van der Waals surface area contributed by atoms with E-state index >= 15 is 0 Å². The van der Waals surface area contributed by atoms with Crippen molar-refractivity contribution >= 4 is 22.5 Å². The molecule has 1 aliphatic carbocycles. The van der Waals surface area contributed by atoms with Gasteiger partial charge in [0, 0.05) is 24.1 Å². The summed E-state index contributed by atoms with van der Waals surface area (Å²) in [7, 11) is 1.72. The van der Waals surface area contributed by atoms with E-state index in [1.54, 1.807) is 36.2 Å². The van der Waals surface area contributed by atoms with Gasteiger partial charge in [-0.05, 0) is 31.0 Å². The molecule has 0 saturated heterocycles. The number of benzene rings is 1. The van der Waals surface area contributed by atoms with Gasteiger partial charge in [-0.3, -0.25) is 9.36 Å². The molecule has 0 aliphatic heterocycles. The third-order valence-corrected chi connectivity index (χ3v) is 4.64. The van der Waals surface area contributed by atoms with E-state index in [2.05, 4.69) is 4.98 Å². The van der Waals surface area contributed by atoms with E-state index in [-0.39, 0.29) is 11.0 Å². The summed E-state index contributed by atoms with van der Waals surface area (Å²) in [6.45, 7) is 1.35. The molecular formula is C16H19ClN2O2. The van der Waals surface area contributed by atoms with Crippen LogP contribution in [0.4, 0.5) is 0 Å². The number of fused-ring (bicyclic) bond motifs is 1. The molecule has 1 aromatic carbocycles. The summed E-state index contributed by atoms with van der Waals surface area (Å²) in [6.07, 6.45) is 6.24. The average Bonchev–Trinajstić information content (AvgIpc) is 2.92. The maximum Gasteiger partial charge on any atom is 0.261 e. The molecule has 0 N–H and O–H groups in total. The first kappa shape index (κ1) is 14.5. The summed E-state index contributed by atoms with van der Waals surface area (Å²) < 4.78 is 7.10. The van der Waals surface area contributed by atoms with Gasteiger partial charge in [-0.15, -0.1) is 0 Å². The molecule has 0 atom stereocenters. The molecule has 112 valence electrons. The Hall–Kier alpha value is -1.39. The Kier molecular flexibility index (Phi) is 4.00. The van der Waals surface area contributed by atoms with Crippen molar-refractivity contribution in [1.82, 2.24) is 9.55 Å². The molecule has 1 saturated carbocycles. The van der Waals surface area contributed by atoms with E-state index in [4.69, 9.17) is 16.3 Å². The molecule has 0 amide bonds. The molecule has 0 unspecified atom stereocenters. The Morgan fingerprint density at radius 2 is 2.14 bits per heavy atom. The summed E-state index contributed by atoms with van der Waals surface area (Å²) in [5.74, 6) is 0. The molecule has 0 bridgehead atoms. The smallest absolute Gasteiger partial charge is 0.261 e. The summed E-state index contributed by atoms with van der Waals surface area (Å²) in [5, 5.41) is 1.14. The molecule has 2 aromatic rings. The molecule has 5 heteroatoms. The van der Waals surface area contributed by atoms with Gasteiger partial charge >= 0.3 is 0 Å². The fraction of sp³-hybridized carbons (Fsp3) is 0.500. The summed E-state index contributed by atoms with van der Waals surface area (Å²) in [5.41, 5.74) is 0.727. The Morgan fingerprint density at radius 1 is 1.38 bits per heavy atom. The van der Waals surface area contributed by atoms with Crippen LogP contribution >= 0.6 is 11.6 Å². The minimum atomic E-state index is -0.0233.